The summed E-state index contributed by atoms with van der Waals surface area (Å²) in [5.74, 6) is -0.460. The number of amides is 2. The molecule has 2 heterocycles. The van der Waals surface area contributed by atoms with Crippen LogP contribution in [-0.4, -0.2) is 67.4 Å². The monoisotopic (exact) mass is 477 g/mol. The average Bonchev–Trinajstić information content (AvgIpc) is 2.75. The minimum atomic E-state index is -3.67. The van der Waals surface area contributed by atoms with Crippen LogP contribution < -0.4 is 10.6 Å². The maximum Gasteiger partial charge on any atom is 0.319 e. The molecule has 1 fully saturated rings. The van der Waals surface area contributed by atoms with Gasteiger partial charge in [-0.25, -0.2) is 17.6 Å². The van der Waals surface area contributed by atoms with Crippen molar-refractivity contribution in [3.05, 3.63) is 53.6 Å². The Morgan fingerprint density at radius 1 is 1.15 bits per heavy atom. The molecule has 0 bridgehead atoms. The lowest BCUT2D eigenvalue weighted by molar-refractivity contribution is 0.162. The molecular weight excluding hydrogens is 445 g/mol. The molecule has 2 N–H and O–H groups in total. The minimum Gasteiger partial charge on any atom is -0.337 e. The fourth-order valence-electron chi connectivity index (χ4n) is 4.21. The quantitative estimate of drug-likeness (QED) is 0.609. The second-order valence-electron chi connectivity index (χ2n) is 8.25. The summed E-state index contributed by atoms with van der Waals surface area (Å²) >= 11 is 0. The van der Waals surface area contributed by atoms with Crippen LogP contribution in [0.2, 0.25) is 0 Å². The SMILES string of the molecule is CCN(C1CCN(CCNC(=O)Nc2cc(C)nc(C)c2)CC1)S(=O)(=O)c1ccc(F)cc1. The predicted molar refractivity (Wildman–Crippen MR) is 126 cm³/mol. The predicted octanol–water partition coefficient (Wildman–Crippen LogP) is 3.13. The van der Waals surface area contributed by atoms with Crippen molar-refractivity contribution in [2.75, 3.05) is 38.0 Å². The molecule has 0 spiro atoms. The fraction of sp³-hybridized carbons (Fsp3) is 0.478. The van der Waals surface area contributed by atoms with Gasteiger partial charge in [0.15, 0.2) is 0 Å². The van der Waals surface area contributed by atoms with Gasteiger partial charge in [-0.15, -0.1) is 0 Å². The lowest BCUT2D eigenvalue weighted by atomic mass is 10.1. The van der Waals surface area contributed by atoms with E-state index in [4.69, 9.17) is 0 Å². The standard InChI is InChI=1S/C23H32FN5O3S/c1-4-29(33(31,32)22-7-5-19(24)6-8-22)21-9-12-28(13-10-21)14-11-25-23(30)27-20-15-17(2)26-18(3)16-20/h5-8,15-16,21H,4,9-14H2,1-3H3,(H2,25,26,27,30). The summed E-state index contributed by atoms with van der Waals surface area (Å²) in [4.78, 5) is 18.8. The third kappa shape index (κ3) is 6.72. The number of anilines is 1. The van der Waals surface area contributed by atoms with Gasteiger partial charge in [0, 0.05) is 42.8 Å². The fourth-order valence-corrected chi connectivity index (χ4v) is 5.90. The first-order valence-corrected chi connectivity index (χ1v) is 12.6. The maximum absolute atomic E-state index is 13.2. The molecule has 3 rings (SSSR count). The first kappa shape index (κ1) is 25.1. The second kappa shape index (κ2) is 11.0. The van der Waals surface area contributed by atoms with E-state index >= 15 is 0 Å². The number of pyridine rings is 1. The Kier molecular flexibility index (Phi) is 8.39. The molecular formula is C23H32FN5O3S. The summed E-state index contributed by atoms with van der Waals surface area (Å²) in [6, 6.07) is 8.23. The summed E-state index contributed by atoms with van der Waals surface area (Å²) in [5.41, 5.74) is 2.40. The number of hydrogen-bond acceptors (Lipinski definition) is 5. The van der Waals surface area contributed by atoms with Crippen molar-refractivity contribution in [1.82, 2.24) is 19.5 Å². The molecule has 2 amide bonds. The summed E-state index contributed by atoms with van der Waals surface area (Å²) < 4.78 is 40.8. The summed E-state index contributed by atoms with van der Waals surface area (Å²) in [5, 5.41) is 5.68. The number of nitrogens with zero attached hydrogens (tertiary/aromatic N) is 3. The molecule has 33 heavy (non-hydrogen) atoms. The first-order valence-electron chi connectivity index (χ1n) is 11.2. The van der Waals surface area contributed by atoms with Gasteiger partial charge in [0.25, 0.3) is 0 Å². The van der Waals surface area contributed by atoms with Gasteiger partial charge >= 0.3 is 6.03 Å². The normalized spacial score (nSPS) is 15.5. The Morgan fingerprint density at radius 2 is 1.76 bits per heavy atom. The van der Waals surface area contributed by atoms with Crippen LogP contribution >= 0.6 is 0 Å². The topological polar surface area (TPSA) is 94.6 Å². The highest BCUT2D eigenvalue weighted by atomic mass is 32.2. The molecule has 1 aromatic carbocycles. The number of carbonyl (C=O) groups excluding carboxylic acids is 1. The number of rotatable bonds is 8. The van der Waals surface area contributed by atoms with Crippen molar-refractivity contribution in [2.45, 2.75) is 44.6 Å². The van der Waals surface area contributed by atoms with Crippen molar-refractivity contribution >= 4 is 21.7 Å². The number of likely N-dealkylation sites (tertiary alicyclic amines) is 1. The van der Waals surface area contributed by atoms with E-state index in [1.54, 1.807) is 0 Å². The number of benzene rings is 1. The van der Waals surface area contributed by atoms with Gasteiger partial charge in [0.1, 0.15) is 5.82 Å². The smallest absolute Gasteiger partial charge is 0.319 e. The van der Waals surface area contributed by atoms with E-state index in [-0.39, 0.29) is 17.0 Å². The zero-order valence-electron chi connectivity index (χ0n) is 19.3. The van der Waals surface area contributed by atoms with Crippen molar-refractivity contribution < 1.29 is 17.6 Å². The van der Waals surface area contributed by atoms with E-state index in [2.05, 4.69) is 20.5 Å². The summed E-state index contributed by atoms with van der Waals surface area (Å²) in [6.45, 7) is 8.60. The number of aryl methyl sites for hydroxylation is 2. The van der Waals surface area contributed by atoms with Crippen molar-refractivity contribution in [3.8, 4) is 0 Å². The van der Waals surface area contributed by atoms with Crippen LogP contribution in [0.4, 0.5) is 14.9 Å². The van der Waals surface area contributed by atoms with Crippen LogP contribution in [0, 0.1) is 19.7 Å². The zero-order chi connectivity index (χ0) is 24.0. The van der Waals surface area contributed by atoms with Crippen LogP contribution in [0.5, 0.6) is 0 Å². The Bertz CT molecular complexity index is 1030. The number of urea groups is 1. The van der Waals surface area contributed by atoms with E-state index in [9.17, 15) is 17.6 Å². The molecule has 1 aliphatic rings. The number of hydrogen-bond donors (Lipinski definition) is 2. The molecule has 2 aromatic rings. The molecule has 1 aromatic heterocycles. The third-order valence-corrected chi connectivity index (χ3v) is 7.79. The molecule has 180 valence electrons. The van der Waals surface area contributed by atoms with Gasteiger partial charge in [0.05, 0.1) is 4.90 Å². The Morgan fingerprint density at radius 3 is 2.33 bits per heavy atom. The molecule has 10 heteroatoms. The van der Waals surface area contributed by atoms with E-state index in [1.165, 1.54) is 28.6 Å². The second-order valence-corrected chi connectivity index (χ2v) is 10.1. The summed E-state index contributed by atoms with van der Waals surface area (Å²) in [6.07, 6.45) is 1.41. The minimum absolute atomic E-state index is 0.101. The molecule has 1 saturated heterocycles. The lowest BCUT2D eigenvalue weighted by Crippen LogP contribution is -2.48. The highest BCUT2D eigenvalue weighted by Crippen LogP contribution is 2.24. The van der Waals surface area contributed by atoms with Crippen LogP contribution in [0.3, 0.4) is 0 Å². The summed E-state index contributed by atoms with van der Waals surface area (Å²) in [7, 11) is -3.67. The van der Waals surface area contributed by atoms with Crippen LogP contribution in [0.1, 0.15) is 31.2 Å². The van der Waals surface area contributed by atoms with Gasteiger partial charge in [-0.2, -0.15) is 4.31 Å². The van der Waals surface area contributed by atoms with E-state index in [1.807, 2.05) is 32.9 Å². The first-order chi connectivity index (χ1) is 15.7. The third-order valence-electron chi connectivity index (χ3n) is 5.75. The average molecular weight is 478 g/mol. The highest BCUT2D eigenvalue weighted by molar-refractivity contribution is 7.89. The van der Waals surface area contributed by atoms with Gasteiger partial charge in [-0.3, -0.25) is 4.98 Å². The molecule has 0 saturated carbocycles. The van der Waals surface area contributed by atoms with Crippen LogP contribution in [0.25, 0.3) is 0 Å². The molecule has 0 unspecified atom stereocenters. The van der Waals surface area contributed by atoms with E-state index < -0.39 is 15.8 Å². The molecule has 1 aliphatic heterocycles. The largest absolute Gasteiger partial charge is 0.337 e. The Hall–Kier alpha value is -2.56. The maximum atomic E-state index is 13.2. The number of sulfonamides is 1. The van der Waals surface area contributed by atoms with Crippen molar-refractivity contribution in [2.24, 2.45) is 0 Å². The highest BCUT2D eigenvalue weighted by Gasteiger charge is 2.32. The van der Waals surface area contributed by atoms with Gasteiger partial charge in [-0.1, -0.05) is 6.92 Å². The van der Waals surface area contributed by atoms with Gasteiger partial charge in [-0.05, 0) is 76.2 Å². The van der Waals surface area contributed by atoms with Gasteiger partial charge < -0.3 is 15.5 Å². The molecule has 8 nitrogen and oxygen atoms in total. The number of halogens is 1. The van der Waals surface area contributed by atoms with Crippen molar-refractivity contribution in [3.63, 3.8) is 0 Å². The number of piperidine rings is 1. The number of aromatic nitrogens is 1. The van der Waals surface area contributed by atoms with Gasteiger partial charge in [0.2, 0.25) is 10.0 Å². The Balaban J connectivity index is 1.46. The molecule has 0 atom stereocenters. The zero-order valence-corrected chi connectivity index (χ0v) is 20.2. The van der Waals surface area contributed by atoms with E-state index in [0.29, 0.717) is 38.2 Å². The Labute approximate surface area is 195 Å². The molecule has 0 aliphatic carbocycles. The number of carbonyl (C=O) groups is 1. The molecule has 0 radical (unpaired) electrons. The van der Waals surface area contributed by atoms with E-state index in [0.717, 1.165) is 24.5 Å². The van der Waals surface area contributed by atoms with Crippen LogP contribution in [-0.2, 0) is 10.0 Å². The lowest BCUT2D eigenvalue weighted by Gasteiger charge is -2.37. The number of nitrogens with one attached hydrogen (secondary N) is 2. The van der Waals surface area contributed by atoms with Crippen LogP contribution in [0.15, 0.2) is 41.3 Å². The van der Waals surface area contributed by atoms with Crippen molar-refractivity contribution in [1.29, 1.82) is 0 Å².